The Labute approximate surface area is 131 Å². The molecule has 0 aliphatic carbocycles. The molecule has 2 N–H and O–H groups in total. The van der Waals surface area contributed by atoms with Crippen molar-refractivity contribution in [2.45, 2.75) is 11.3 Å². The topological polar surface area (TPSA) is 102 Å². The van der Waals surface area contributed by atoms with Crippen molar-refractivity contribution in [1.29, 1.82) is 0 Å². The summed E-state index contributed by atoms with van der Waals surface area (Å²) in [6, 6.07) is 4.17. The van der Waals surface area contributed by atoms with Crippen LogP contribution in [0.1, 0.15) is 6.42 Å². The number of aliphatic hydroxyl groups is 1. The molecular weight excluding hydrogens is 366 g/mol. The number of benzene rings is 1. The minimum Gasteiger partial charge on any atom is -0.481 e. The molecule has 0 saturated heterocycles. The van der Waals surface area contributed by atoms with Gasteiger partial charge in [-0.15, -0.1) is 0 Å². The highest BCUT2D eigenvalue weighted by atomic mass is 79.9. The normalized spacial score (nSPS) is 11.2. The number of carbonyl (C=O) groups is 1. The average Bonchev–Trinajstić information content (AvgIpc) is 2.45. The summed E-state index contributed by atoms with van der Waals surface area (Å²) in [7, 11) is -2.40. The summed E-state index contributed by atoms with van der Waals surface area (Å²) in [5, 5.41) is 8.64. The summed E-state index contributed by atoms with van der Waals surface area (Å²) < 4.78 is 36.3. The lowest BCUT2D eigenvalue weighted by atomic mass is 10.3. The van der Waals surface area contributed by atoms with Crippen LogP contribution in [0.5, 0.6) is 5.75 Å². The van der Waals surface area contributed by atoms with E-state index in [9.17, 15) is 13.2 Å². The number of sulfonamides is 1. The SMILES string of the molecule is COC(=O)COc1ccc(S(=O)(=O)NCCCO)cc1Br. The van der Waals surface area contributed by atoms with Crippen LogP contribution in [-0.4, -0.2) is 46.4 Å². The third kappa shape index (κ3) is 5.62. The predicted octanol–water partition coefficient (Wildman–Crippen LogP) is 0.662. The van der Waals surface area contributed by atoms with Crippen molar-refractivity contribution in [1.82, 2.24) is 4.72 Å². The number of esters is 1. The number of methoxy groups -OCH3 is 1. The Morgan fingerprint density at radius 3 is 2.71 bits per heavy atom. The van der Waals surface area contributed by atoms with E-state index in [1.807, 2.05) is 0 Å². The van der Waals surface area contributed by atoms with Crippen LogP contribution in [0.25, 0.3) is 0 Å². The first-order chi connectivity index (χ1) is 9.90. The van der Waals surface area contributed by atoms with Crippen LogP contribution >= 0.6 is 15.9 Å². The van der Waals surface area contributed by atoms with Crippen LogP contribution in [0.15, 0.2) is 27.6 Å². The van der Waals surface area contributed by atoms with E-state index in [4.69, 9.17) is 9.84 Å². The summed E-state index contributed by atoms with van der Waals surface area (Å²) >= 11 is 3.18. The average molecular weight is 382 g/mol. The molecule has 21 heavy (non-hydrogen) atoms. The zero-order valence-corrected chi connectivity index (χ0v) is 13.7. The Morgan fingerprint density at radius 1 is 1.43 bits per heavy atom. The summed E-state index contributed by atoms with van der Waals surface area (Å²) in [5.74, 6) is -0.209. The number of carbonyl (C=O) groups excluding carboxylic acids is 1. The lowest BCUT2D eigenvalue weighted by Crippen LogP contribution is -2.25. The molecule has 0 radical (unpaired) electrons. The van der Waals surface area contributed by atoms with Crippen LogP contribution in [0.4, 0.5) is 0 Å². The van der Waals surface area contributed by atoms with Gasteiger partial charge in [0.2, 0.25) is 10.0 Å². The lowest BCUT2D eigenvalue weighted by molar-refractivity contribution is -0.142. The van der Waals surface area contributed by atoms with E-state index in [1.54, 1.807) is 0 Å². The molecule has 0 unspecified atom stereocenters. The number of rotatable bonds is 8. The van der Waals surface area contributed by atoms with Crippen molar-refractivity contribution in [2.75, 3.05) is 26.9 Å². The van der Waals surface area contributed by atoms with E-state index >= 15 is 0 Å². The van der Waals surface area contributed by atoms with Crippen molar-refractivity contribution in [3.8, 4) is 5.75 Å². The van der Waals surface area contributed by atoms with Gasteiger partial charge in [-0.25, -0.2) is 17.9 Å². The van der Waals surface area contributed by atoms with Gasteiger partial charge in [0.1, 0.15) is 5.75 Å². The number of hydrogen-bond acceptors (Lipinski definition) is 6. The van der Waals surface area contributed by atoms with Crippen LogP contribution in [0, 0.1) is 0 Å². The van der Waals surface area contributed by atoms with Crippen molar-refractivity contribution in [2.24, 2.45) is 0 Å². The molecule has 118 valence electrons. The summed E-state index contributed by atoms with van der Waals surface area (Å²) in [6.45, 7) is -0.209. The molecule has 0 amide bonds. The van der Waals surface area contributed by atoms with Crippen LogP contribution in [0.2, 0.25) is 0 Å². The van der Waals surface area contributed by atoms with Gasteiger partial charge < -0.3 is 14.6 Å². The maximum atomic E-state index is 12.0. The summed E-state index contributed by atoms with van der Waals surface area (Å²) in [4.78, 5) is 11.0. The Bertz CT molecular complexity index is 589. The summed E-state index contributed by atoms with van der Waals surface area (Å²) in [5.41, 5.74) is 0. The second-order valence-corrected chi connectivity index (χ2v) is 6.55. The first kappa shape index (κ1) is 17.9. The smallest absolute Gasteiger partial charge is 0.343 e. The third-order valence-electron chi connectivity index (χ3n) is 2.41. The van der Waals surface area contributed by atoms with Gasteiger partial charge in [-0.3, -0.25) is 0 Å². The molecule has 0 heterocycles. The molecule has 0 aliphatic rings. The lowest BCUT2D eigenvalue weighted by Gasteiger charge is -2.10. The minimum absolute atomic E-state index is 0.0535. The molecule has 0 spiro atoms. The van der Waals surface area contributed by atoms with E-state index in [-0.39, 0.29) is 24.7 Å². The molecule has 0 atom stereocenters. The van der Waals surface area contributed by atoms with Crippen LogP contribution in [-0.2, 0) is 19.6 Å². The highest BCUT2D eigenvalue weighted by molar-refractivity contribution is 9.10. The van der Waals surface area contributed by atoms with Gasteiger partial charge >= 0.3 is 5.97 Å². The van der Waals surface area contributed by atoms with Gasteiger partial charge in [-0.1, -0.05) is 0 Å². The van der Waals surface area contributed by atoms with Crippen LogP contribution < -0.4 is 9.46 Å². The van der Waals surface area contributed by atoms with Crippen molar-refractivity contribution in [3.05, 3.63) is 22.7 Å². The number of aliphatic hydroxyl groups excluding tert-OH is 1. The van der Waals surface area contributed by atoms with Gasteiger partial charge in [0.05, 0.1) is 16.5 Å². The molecule has 1 aromatic carbocycles. The van der Waals surface area contributed by atoms with E-state index in [2.05, 4.69) is 25.4 Å². The molecule has 0 bridgehead atoms. The van der Waals surface area contributed by atoms with Gasteiger partial charge in [0.15, 0.2) is 6.61 Å². The molecule has 0 aliphatic heterocycles. The fraction of sp³-hybridized carbons (Fsp3) is 0.417. The monoisotopic (exact) mass is 381 g/mol. The number of halogens is 1. The molecule has 0 fully saturated rings. The second-order valence-electron chi connectivity index (χ2n) is 3.93. The van der Waals surface area contributed by atoms with Crippen molar-refractivity contribution >= 4 is 31.9 Å². The maximum Gasteiger partial charge on any atom is 0.343 e. The first-order valence-corrected chi connectivity index (χ1v) is 8.28. The number of nitrogens with one attached hydrogen (secondary N) is 1. The quantitative estimate of drug-likeness (QED) is 0.506. The van der Waals surface area contributed by atoms with Gasteiger partial charge in [0, 0.05) is 13.2 Å². The van der Waals surface area contributed by atoms with Crippen molar-refractivity contribution < 1.29 is 27.8 Å². The maximum absolute atomic E-state index is 12.0. The van der Waals surface area contributed by atoms with Gasteiger partial charge in [-0.2, -0.15) is 0 Å². The van der Waals surface area contributed by atoms with Gasteiger partial charge in [-0.05, 0) is 40.5 Å². The molecule has 7 nitrogen and oxygen atoms in total. The van der Waals surface area contributed by atoms with Crippen LogP contribution in [0.3, 0.4) is 0 Å². The summed E-state index contributed by atoms with van der Waals surface area (Å²) in [6.07, 6.45) is 0.334. The van der Waals surface area contributed by atoms with E-state index < -0.39 is 16.0 Å². The third-order valence-corrected chi connectivity index (χ3v) is 4.49. The molecule has 9 heteroatoms. The standard InChI is InChI=1S/C12H16BrNO6S/c1-19-12(16)8-20-11-4-3-9(7-10(11)13)21(17,18)14-5-2-6-15/h3-4,7,14-15H,2,5-6,8H2,1H3. The van der Waals surface area contributed by atoms with E-state index in [1.165, 1.54) is 25.3 Å². The fourth-order valence-corrected chi connectivity index (χ4v) is 3.08. The van der Waals surface area contributed by atoms with E-state index in [0.29, 0.717) is 16.6 Å². The Hall–Kier alpha value is -1.16. The Morgan fingerprint density at radius 2 is 2.14 bits per heavy atom. The zero-order valence-electron chi connectivity index (χ0n) is 11.3. The predicted molar refractivity (Wildman–Crippen MR) is 78.5 cm³/mol. The fourth-order valence-electron chi connectivity index (χ4n) is 1.33. The molecule has 1 aromatic rings. The number of ether oxygens (including phenoxy) is 2. The minimum atomic E-state index is -3.65. The molecule has 0 saturated carbocycles. The molecule has 1 rings (SSSR count). The highest BCUT2D eigenvalue weighted by Crippen LogP contribution is 2.27. The number of hydrogen-bond donors (Lipinski definition) is 2. The Kier molecular flexibility index (Phi) is 7.09. The van der Waals surface area contributed by atoms with Crippen molar-refractivity contribution in [3.63, 3.8) is 0 Å². The largest absolute Gasteiger partial charge is 0.481 e. The second kappa shape index (κ2) is 8.32. The first-order valence-electron chi connectivity index (χ1n) is 6.00. The zero-order chi connectivity index (χ0) is 15.9. The van der Waals surface area contributed by atoms with Gasteiger partial charge in [0.25, 0.3) is 0 Å². The molecular formula is C12H16BrNO6S. The molecule has 0 aromatic heterocycles. The highest BCUT2D eigenvalue weighted by Gasteiger charge is 2.15. The Balaban J connectivity index is 2.79. The van der Waals surface area contributed by atoms with E-state index in [0.717, 1.165) is 0 Å².